The van der Waals surface area contributed by atoms with Crippen molar-refractivity contribution in [3.8, 4) is 5.75 Å². The molecule has 1 aliphatic heterocycles. The molecule has 24 heavy (non-hydrogen) atoms. The third-order valence-electron chi connectivity index (χ3n) is 4.71. The van der Waals surface area contributed by atoms with Gasteiger partial charge in [0.1, 0.15) is 5.75 Å². The highest BCUT2D eigenvalue weighted by Crippen LogP contribution is 2.36. The fourth-order valence-corrected chi connectivity index (χ4v) is 2.61. The topological polar surface area (TPSA) is 55.8 Å². The number of carbonyl (C=O) groups excluding carboxylic acids is 1. The summed E-state index contributed by atoms with van der Waals surface area (Å²) in [6.45, 7) is 12.0. The summed E-state index contributed by atoms with van der Waals surface area (Å²) in [5, 5.41) is 11.3. The first-order valence-corrected chi connectivity index (χ1v) is 8.32. The summed E-state index contributed by atoms with van der Waals surface area (Å²) in [5.74, 6) is -0.00844. The van der Waals surface area contributed by atoms with Crippen LogP contribution in [-0.2, 0) is 9.31 Å². The normalized spacial score (nSPS) is 18.2. The molecule has 0 radical (unpaired) electrons. The van der Waals surface area contributed by atoms with Crippen molar-refractivity contribution in [2.45, 2.75) is 52.7 Å². The van der Waals surface area contributed by atoms with Crippen LogP contribution in [0.5, 0.6) is 5.75 Å². The van der Waals surface area contributed by atoms with Crippen LogP contribution in [0.4, 0.5) is 0 Å². The van der Waals surface area contributed by atoms with Gasteiger partial charge in [0, 0.05) is 0 Å². The van der Waals surface area contributed by atoms with Crippen molar-refractivity contribution in [1.82, 2.24) is 0 Å². The summed E-state index contributed by atoms with van der Waals surface area (Å²) >= 11 is 0. The lowest BCUT2D eigenvalue weighted by Crippen LogP contribution is -2.41. The van der Waals surface area contributed by atoms with E-state index in [0.29, 0.717) is 11.8 Å². The van der Waals surface area contributed by atoms with E-state index in [9.17, 15) is 9.90 Å². The summed E-state index contributed by atoms with van der Waals surface area (Å²) < 4.78 is 12.1. The molecule has 1 N–H and O–H groups in total. The van der Waals surface area contributed by atoms with E-state index in [2.05, 4.69) is 0 Å². The van der Waals surface area contributed by atoms with Gasteiger partial charge in [-0.3, -0.25) is 4.79 Å². The molecule has 128 valence electrons. The van der Waals surface area contributed by atoms with Crippen LogP contribution in [0.2, 0.25) is 0 Å². The smallest absolute Gasteiger partial charge is 0.494 e. The zero-order valence-corrected chi connectivity index (χ0v) is 15.2. The molecule has 1 aliphatic rings. The van der Waals surface area contributed by atoms with Crippen molar-refractivity contribution in [3.63, 3.8) is 0 Å². The fourth-order valence-electron chi connectivity index (χ4n) is 2.61. The molecule has 0 spiro atoms. The maximum Gasteiger partial charge on any atom is 0.494 e. The molecule has 0 saturated carbocycles. The van der Waals surface area contributed by atoms with E-state index >= 15 is 0 Å². The van der Waals surface area contributed by atoms with Gasteiger partial charge in [-0.05, 0) is 50.0 Å². The van der Waals surface area contributed by atoms with Gasteiger partial charge in [0.05, 0.1) is 16.8 Å². The largest absolute Gasteiger partial charge is 0.507 e. The standard InChI is InChI=1S/C17H19BO4.C2H6/c1-16(2)17(3,4)22-18(21-16)12-6-7-13-11(9-12)5-8-15(20)14(13)10-19;1-2/h5-10,20H,1-4H3;1-2H3. The van der Waals surface area contributed by atoms with Crippen molar-refractivity contribution in [1.29, 1.82) is 0 Å². The molecule has 0 amide bonds. The first kappa shape index (κ1) is 18.5. The molecule has 0 atom stereocenters. The molecule has 3 rings (SSSR count). The maximum atomic E-state index is 11.1. The number of aldehydes is 1. The third kappa shape index (κ3) is 3.06. The fraction of sp³-hybridized carbons (Fsp3) is 0.421. The minimum Gasteiger partial charge on any atom is -0.507 e. The van der Waals surface area contributed by atoms with E-state index in [-0.39, 0.29) is 5.75 Å². The van der Waals surface area contributed by atoms with Gasteiger partial charge in [-0.2, -0.15) is 0 Å². The number of hydrogen-bond donors (Lipinski definition) is 1. The number of phenolic OH excluding ortho intramolecular Hbond substituents is 1. The first-order chi connectivity index (χ1) is 11.2. The molecule has 5 heteroatoms. The van der Waals surface area contributed by atoms with Crippen LogP contribution in [0.3, 0.4) is 0 Å². The summed E-state index contributed by atoms with van der Waals surface area (Å²) in [7, 11) is -0.442. The summed E-state index contributed by atoms with van der Waals surface area (Å²) in [6, 6.07) is 8.94. The van der Waals surface area contributed by atoms with Gasteiger partial charge in [-0.1, -0.05) is 38.1 Å². The van der Waals surface area contributed by atoms with E-state index in [1.165, 1.54) is 6.07 Å². The highest BCUT2D eigenvalue weighted by Gasteiger charge is 2.51. The predicted octanol–water partition coefficient (Wildman–Crippen LogP) is 3.68. The summed E-state index contributed by atoms with van der Waals surface area (Å²) in [5.41, 5.74) is 0.414. The monoisotopic (exact) mass is 328 g/mol. The number of carbonyl (C=O) groups is 1. The van der Waals surface area contributed by atoms with Crippen molar-refractivity contribution in [2.24, 2.45) is 0 Å². The van der Waals surface area contributed by atoms with Crippen LogP contribution >= 0.6 is 0 Å². The highest BCUT2D eigenvalue weighted by molar-refractivity contribution is 6.62. The Hall–Kier alpha value is -1.85. The number of phenols is 1. The Morgan fingerprint density at radius 1 is 1.00 bits per heavy atom. The van der Waals surface area contributed by atoms with E-state index in [1.807, 2.05) is 59.7 Å². The molecule has 2 aromatic carbocycles. The van der Waals surface area contributed by atoms with Gasteiger partial charge in [0.2, 0.25) is 0 Å². The molecule has 0 unspecified atom stereocenters. The first-order valence-electron chi connectivity index (χ1n) is 8.32. The zero-order valence-electron chi connectivity index (χ0n) is 15.2. The molecule has 1 fully saturated rings. The summed E-state index contributed by atoms with van der Waals surface area (Å²) in [6.07, 6.45) is 0.673. The SMILES string of the molecule is CC.CC1(C)OB(c2ccc3c(C=O)c(O)ccc3c2)OC1(C)C. The molecule has 0 bridgehead atoms. The van der Waals surface area contributed by atoms with Crippen LogP contribution in [-0.4, -0.2) is 29.7 Å². The maximum absolute atomic E-state index is 11.1. The number of rotatable bonds is 2. The minimum absolute atomic E-state index is 0.00844. The zero-order chi connectivity index (χ0) is 18.1. The predicted molar refractivity (Wildman–Crippen MR) is 98.1 cm³/mol. The second-order valence-corrected chi connectivity index (χ2v) is 6.69. The second kappa shape index (κ2) is 6.57. The molecule has 0 aromatic heterocycles. The van der Waals surface area contributed by atoms with Gasteiger partial charge >= 0.3 is 7.12 Å². The van der Waals surface area contributed by atoms with Crippen LogP contribution in [0.25, 0.3) is 10.8 Å². The molecule has 4 nitrogen and oxygen atoms in total. The molecular formula is C19H25BO4. The number of aromatic hydroxyl groups is 1. The number of benzene rings is 2. The van der Waals surface area contributed by atoms with Gasteiger partial charge in [-0.15, -0.1) is 0 Å². The van der Waals surface area contributed by atoms with Crippen LogP contribution in [0.1, 0.15) is 51.9 Å². The lowest BCUT2D eigenvalue weighted by Gasteiger charge is -2.32. The molecule has 1 heterocycles. The molecule has 1 saturated heterocycles. The van der Waals surface area contributed by atoms with E-state index in [1.54, 1.807) is 6.07 Å². The Kier molecular flexibility index (Phi) is 5.07. The van der Waals surface area contributed by atoms with E-state index in [0.717, 1.165) is 16.2 Å². The number of hydrogen-bond acceptors (Lipinski definition) is 4. The lowest BCUT2D eigenvalue weighted by molar-refractivity contribution is 0.00578. The van der Waals surface area contributed by atoms with Crippen LogP contribution in [0.15, 0.2) is 30.3 Å². The second-order valence-electron chi connectivity index (χ2n) is 6.69. The van der Waals surface area contributed by atoms with Crippen molar-refractivity contribution in [3.05, 3.63) is 35.9 Å². The Labute approximate surface area is 143 Å². The van der Waals surface area contributed by atoms with Gasteiger partial charge in [0.25, 0.3) is 0 Å². The van der Waals surface area contributed by atoms with Crippen LogP contribution in [0, 0.1) is 0 Å². The van der Waals surface area contributed by atoms with Crippen molar-refractivity contribution in [2.75, 3.05) is 0 Å². The average Bonchev–Trinajstić information content (AvgIpc) is 2.77. The Balaban J connectivity index is 0.00000100. The molecule has 2 aromatic rings. The van der Waals surface area contributed by atoms with E-state index < -0.39 is 18.3 Å². The Morgan fingerprint density at radius 3 is 2.12 bits per heavy atom. The Morgan fingerprint density at radius 2 is 1.58 bits per heavy atom. The quantitative estimate of drug-likeness (QED) is 0.675. The van der Waals surface area contributed by atoms with Crippen molar-refractivity contribution >= 4 is 29.6 Å². The highest BCUT2D eigenvalue weighted by atomic mass is 16.7. The van der Waals surface area contributed by atoms with Gasteiger partial charge in [0.15, 0.2) is 6.29 Å². The summed E-state index contributed by atoms with van der Waals surface area (Å²) in [4.78, 5) is 11.1. The molecule has 0 aliphatic carbocycles. The Bertz CT molecular complexity index is 736. The van der Waals surface area contributed by atoms with Gasteiger partial charge < -0.3 is 14.4 Å². The average molecular weight is 328 g/mol. The minimum atomic E-state index is -0.442. The molecular weight excluding hydrogens is 303 g/mol. The third-order valence-corrected chi connectivity index (χ3v) is 4.71. The van der Waals surface area contributed by atoms with Gasteiger partial charge in [-0.25, -0.2) is 0 Å². The van der Waals surface area contributed by atoms with Crippen LogP contribution < -0.4 is 5.46 Å². The lowest BCUT2D eigenvalue weighted by atomic mass is 9.78. The van der Waals surface area contributed by atoms with E-state index in [4.69, 9.17) is 9.31 Å². The number of fused-ring (bicyclic) bond motifs is 1. The van der Waals surface area contributed by atoms with Crippen molar-refractivity contribution < 1.29 is 19.2 Å².